The number of nitrogens with zero attached hydrogens (tertiary/aromatic N) is 1. The van der Waals surface area contributed by atoms with Crippen LogP contribution in [0.15, 0.2) is 24.3 Å². The molecule has 0 amide bonds. The van der Waals surface area contributed by atoms with E-state index < -0.39 is 5.97 Å². The van der Waals surface area contributed by atoms with Crippen LogP contribution in [0.5, 0.6) is 0 Å². The van der Waals surface area contributed by atoms with Crippen LogP contribution in [0.2, 0.25) is 0 Å². The Bertz CT molecular complexity index is 590. The minimum Gasteiger partial charge on any atom is -0.480 e. The summed E-state index contributed by atoms with van der Waals surface area (Å²) in [5.41, 5.74) is 2.75. The molecule has 0 spiro atoms. The quantitative estimate of drug-likeness (QED) is 0.918. The molecular weight excluding hydrogens is 302 g/mol. The summed E-state index contributed by atoms with van der Waals surface area (Å²) in [5, 5.41) is 9.02. The van der Waals surface area contributed by atoms with Crippen molar-refractivity contribution in [3.05, 3.63) is 35.4 Å². The first-order valence-electron chi connectivity index (χ1n) is 8.93. The van der Waals surface area contributed by atoms with Gasteiger partial charge in [-0.2, -0.15) is 0 Å². The highest BCUT2D eigenvalue weighted by molar-refractivity contribution is 5.68. The Labute approximate surface area is 144 Å². The predicted octanol–water partition coefficient (Wildman–Crippen LogP) is 3.40. The third kappa shape index (κ3) is 3.35. The van der Waals surface area contributed by atoms with Gasteiger partial charge in [-0.15, -0.1) is 0 Å². The van der Waals surface area contributed by atoms with E-state index in [4.69, 9.17) is 9.84 Å². The van der Waals surface area contributed by atoms with Crippen LogP contribution in [0.25, 0.3) is 0 Å². The molecule has 2 aliphatic rings. The monoisotopic (exact) mass is 331 g/mol. The van der Waals surface area contributed by atoms with Crippen LogP contribution in [-0.4, -0.2) is 47.8 Å². The molecule has 1 aromatic rings. The lowest BCUT2D eigenvalue weighted by Gasteiger charge is -2.42. The van der Waals surface area contributed by atoms with E-state index in [9.17, 15) is 4.79 Å². The van der Waals surface area contributed by atoms with Gasteiger partial charge in [0.1, 0.15) is 6.61 Å². The summed E-state index contributed by atoms with van der Waals surface area (Å²) >= 11 is 0. The molecule has 132 valence electrons. The maximum atomic E-state index is 11.0. The van der Waals surface area contributed by atoms with Crippen molar-refractivity contribution >= 4 is 5.97 Å². The smallest absolute Gasteiger partial charge is 0.329 e. The first-order valence-corrected chi connectivity index (χ1v) is 8.93. The van der Waals surface area contributed by atoms with Crippen molar-refractivity contribution in [2.75, 3.05) is 13.7 Å². The second-order valence-corrected chi connectivity index (χ2v) is 8.35. The Morgan fingerprint density at radius 2 is 1.92 bits per heavy atom. The van der Waals surface area contributed by atoms with Crippen LogP contribution < -0.4 is 0 Å². The third-order valence-corrected chi connectivity index (χ3v) is 5.80. The molecule has 0 unspecified atom stereocenters. The molecule has 4 atom stereocenters. The maximum absolute atomic E-state index is 11.0. The van der Waals surface area contributed by atoms with Crippen molar-refractivity contribution < 1.29 is 14.6 Å². The normalized spacial score (nSPS) is 30.5. The molecule has 4 heteroatoms. The van der Waals surface area contributed by atoms with Gasteiger partial charge in [-0.1, -0.05) is 45.0 Å². The highest BCUT2D eigenvalue weighted by atomic mass is 16.5. The zero-order valence-corrected chi connectivity index (χ0v) is 15.2. The zero-order valence-electron chi connectivity index (χ0n) is 15.2. The summed E-state index contributed by atoms with van der Waals surface area (Å²) in [5.74, 6) is -0.605. The molecule has 0 radical (unpaired) electrons. The summed E-state index contributed by atoms with van der Waals surface area (Å²) in [6.45, 7) is 6.44. The van der Waals surface area contributed by atoms with E-state index in [0.29, 0.717) is 12.1 Å². The standard InChI is InChI=1S/C20H29NO3/c1-20(2,3)14-7-5-13(6-8-14)16-11-15-9-10-17(21(15)4)19(16)24-12-18(22)23/h5-8,15-17,19H,9-12H2,1-4H3,(H,22,23)/t15-,16-,17+,19+/m0/s1. The van der Waals surface area contributed by atoms with Crippen LogP contribution in [0, 0.1) is 0 Å². The molecule has 0 aliphatic carbocycles. The summed E-state index contributed by atoms with van der Waals surface area (Å²) in [6.07, 6.45) is 3.30. The summed E-state index contributed by atoms with van der Waals surface area (Å²) in [4.78, 5) is 13.4. The number of benzene rings is 1. The van der Waals surface area contributed by atoms with Crippen molar-refractivity contribution in [2.24, 2.45) is 0 Å². The SMILES string of the molecule is CN1[C@H]2CC[C@@H]1[C@H](OCC(=O)O)[C@H](c1ccc(C(C)(C)C)cc1)C2. The van der Waals surface area contributed by atoms with Crippen molar-refractivity contribution in [3.8, 4) is 0 Å². The number of ether oxygens (including phenoxy) is 1. The zero-order chi connectivity index (χ0) is 17.5. The molecule has 1 aromatic carbocycles. The lowest BCUT2D eigenvalue weighted by atomic mass is 9.80. The summed E-state index contributed by atoms with van der Waals surface area (Å²) in [6, 6.07) is 9.77. The van der Waals surface area contributed by atoms with Crippen LogP contribution >= 0.6 is 0 Å². The van der Waals surface area contributed by atoms with E-state index in [2.05, 4.69) is 57.0 Å². The topological polar surface area (TPSA) is 49.8 Å². The van der Waals surface area contributed by atoms with E-state index in [1.165, 1.54) is 17.5 Å². The van der Waals surface area contributed by atoms with Crippen molar-refractivity contribution in [1.82, 2.24) is 4.90 Å². The highest BCUT2D eigenvalue weighted by Gasteiger charge is 2.46. The number of rotatable bonds is 4. The molecule has 2 aliphatic heterocycles. The fraction of sp³-hybridized carbons (Fsp3) is 0.650. The lowest BCUT2D eigenvalue weighted by molar-refractivity contribution is -0.147. The Morgan fingerprint density at radius 1 is 1.25 bits per heavy atom. The van der Waals surface area contributed by atoms with E-state index in [1.54, 1.807) is 0 Å². The largest absolute Gasteiger partial charge is 0.480 e. The van der Waals surface area contributed by atoms with Gasteiger partial charge in [0.25, 0.3) is 0 Å². The number of aliphatic carboxylic acids is 1. The molecule has 2 saturated heterocycles. The molecule has 3 rings (SSSR count). The Morgan fingerprint density at radius 3 is 2.50 bits per heavy atom. The van der Waals surface area contributed by atoms with Gasteiger partial charge in [0.15, 0.2) is 0 Å². The minimum absolute atomic E-state index is 0.0367. The van der Waals surface area contributed by atoms with Gasteiger partial charge in [0.05, 0.1) is 6.10 Å². The van der Waals surface area contributed by atoms with E-state index in [-0.39, 0.29) is 24.0 Å². The molecule has 2 fully saturated rings. The van der Waals surface area contributed by atoms with E-state index >= 15 is 0 Å². The first kappa shape index (κ1) is 17.4. The molecule has 2 heterocycles. The van der Waals surface area contributed by atoms with Gasteiger partial charge in [-0.25, -0.2) is 4.79 Å². The van der Waals surface area contributed by atoms with Crippen molar-refractivity contribution in [3.63, 3.8) is 0 Å². The van der Waals surface area contributed by atoms with Crippen molar-refractivity contribution in [1.29, 1.82) is 0 Å². The first-order chi connectivity index (χ1) is 11.3. The third-order valence-electron chi connectivity index (χ3n) is 5.80. The Hall–Kier alpha value is -1.39. The predicted molar refractivity (Wildman–Crippen MR) is 94.4 cm³/mol. The molecule has 0 aromatic heterocycles. The average Bonchev–Trinajstić information content (AvgIpc) is 2.76. The Balaban J connectivity index is 1.85. The van der Waals surface area contributed by atoms with Gasteiger partial charge in [-0.05, 0) is 42.9 Å². The number of piperidine rings is 1. The van der Waals surface area contributed by atoms with Gasteiger partial charge in [0, 0.05) is 18.0 Å². The molecule has 0 saturated carbocycles. The molecule has 1 N–H and O–H groups in total. The van der Waals surface area contributed by atoms with E-state index in [0.717, 1.165) is 12.8 Å². The lowest BCUT2D eigenvalue weighted by Crippen LogP contribution is -2.50. The second-order valence-electron chi connectivity index (χ2n) is 8.35. The minimum atomic E-state index is -0.889. The number of carboxylic acid groups (broad SMARTS) is 1. The van der Waals surface area contributed by atoms with Gasteiger partial charge in [-0.3, -0.25) is 4.90 Å². The maximum Gasteiger partial charge on any atom is 0.329 e. The fourth-order valence-corrected chi connectivity index (χ4v) is 4.37. The number of carbonyl (C=O) groups is 1. The number of likely N-dealkylation sites (N-methyl/N-ethyl adjacent to an activating group) is 1. The molecule has 2 bridgehead atoms. The van der Waals surface area contributed by atoms with Crippen LogP contribution in [0.3, 0.4) is 0 Å². The van der Waals surface area contributed by atoms with Gasteiger partial charge in [0.2, 0.25) is 0 Å². The number of hydrogen-bond donors (Lipinski definition) is 1. The molecular formula is C20H29NO3. The fourth-order valence-electron chi connectivity index (χ4n) is 4.37. The Kier molecular flexibility index (Phi) is 4.71. The second kappa shape index (κ2) is 6.49. The van der Waals surface area contributed by atoms with Crippen LogP contribution in [0.1, 0.15) is 57.1 Å². The molecule has 4 nitrogen and oxygen atoms in total. The highest BCUT2D eigenvalue weighted by Crippen LogP contribution is 2.44. The van der Waals surface area contributed by atoms with Crippen molar-refractivity contribution in [2.45, 2.75) is 69.6 Å². The van der Waals surface area contributed by atoms with Crippen LogP contribution in [-0.2, 0) is 14.9 Å². The summed E-state index contributed by atoms with van der Waals surface area (Å²) in [7, 11) is 2.15. The number of carboxylic acids is 1. The van der Waals surface area contributed by atoms with Gasteiger partial charge >= 0.3 is 5.97 Å². The van der Waals surface area contributed by atoms with E-state index in [1.807, 2.05) is 0 Å². The van der Waals surface area contributed by atoms with Gasteiger partial charge < -0.3 is 9.84 Å². The molecule has 24 heavy (non-hydrogen) atoms. The summed E-state index contributed by atoms with van der Waals surface area (Å²) < 4.78 is 5.87. The van der Waals surface area contributed by atoms with Crippen LogP contribution in [0.4, 0.5) is 0 Å². The average molecular weight is 331 g/mol. The number of hydrogen-bond acceptors (Lipinski definition) is 3. The number of fused-ring (bicyclic) bond motifs is 2.